The molecule has 0 radical (unpaired) electrons. The van der Waals surface area contributed by atoms with Gasteiger partial charge in [0.1, 0.15) is 0 Å². The summed E-state index contributed by atoms with van der Waals surface area (Å²) < 4.78 is 0. The second-order valence-electron chi connectivity index (χ2n) is 8.21. The first-order valence-electron chi connectivity index (χ1n) is 10.7. The van der Waals surface area contributed by atoms with Crippen LogP contribution in [0.1, 0.15) is 40.9 Å². The largest absolute Gasteiger partial charge is 0.396 e. The third-order valence-corrected chi connectivity index (χ3v) is 7.06. The maximum Gasteiger partial charge on any atom is 0.253 e. The lowest BCUT2D eigenvalue weighted by Gasteiger charge is -2.34. The van der Waals surface area contributed by atoms with E-state index in [1.807, 2.05) is 28.4 Å². The van der Waals surface area contributed by atoms with Crippen LogP contribution in [0, 0.1) is 5.92 Å². The fraction of sp³-hybridized carbons (Fsp3) is 0.522. The maximum absolute atomic E-state index is 12.8. The van der Waals surface area contributed by atoms with E-state index in [4.69, 9.17) is 0 Å². The van der Waals surface area contributed by atoms with Gasteiger partial charge in [-0.1, -0.05) is 6.07 Å². The van der Waals surface area contributed by atoms with E-state index in [9.17, 15) is 9.90 Å². The highest BCUT2D eigenvalue weighted by Gasteiger charge is 2.24. The molecule has 2 aliphatic heterocycles. The topological polar surface area (TPSA) is 55.8 Å². The number of hydrogen-bond donors (Lipinski definition) is 2. The second-order valence-corrected chi connectivity index (χ2v) is 9.24. The Morgan fingerprint density at radius 3 is 2.59 bits per heavy atom. The molecule has 0 aliphatic carbocycles. The average Bonchev–Trinajstić information content (AvgIpc) is 3.31. The third kappa shape index (κ3) is 5.18. The van der Waals surface area contributed by atoms with Gasteiger partial charge in [-0.3, -0.25) is 4.79 Å². The molecule has 0 spiro atoms. The van der Waals surface area contributed by atoms with Crippen LogP contribution in [-0.4, -0.2) is 54.7 Å². The number of hydrogen-bond acceptors (Lipinski definition) is 5. The molecule has 2 fully saturated rings. The lowest BCUT2D eigenvalue weighted by atomic mass is 9.98. The van der Waals surface area contributed by atoms with Crippen molar-refractivity contribution in [2.75, 3.05) is 37.7 Å². The number of anilines is 1. The van der Waals surface area contributed by atoms with E-state index < -0.39 is 0 Å². The normalized spacial score (nSPS) is 20.8. The van der Waals surface area contributed by atoms with Crippen LogP contribution < -0.4 is 10.2 Å². The van der Waals surface area contributed by atoms with Gasteiger partial charge in [0.25, 0.3) is 5.91 Å². The number of aliphatic hydroxyl groups excluding tert-OH is 1. The molecule has 5 nitrogen and oxygen atoms in total. The van der Waals surface area contributed by atoms with Crippen molar-refractivity contribution in [3.05, 3.63) is 52.2 Å². The number of benzene rings is 1. The van der Waals surface area contributed by atoms with Crippen LogP contribution in [0.15, 0.2) is 41.8 Å². The van der Waals surface area contributed by atoms with Crippen molar-refractivity contribution in [1.29, 1.82) is 0 Å². The molecule has 2 saturated heterocycles. The minimum atomic E-state index is 0.0891. The van der Waals surface area contributed by atoms with Gasteiger partial charge in [-0.2, -0.15) is 0 Å². The molecule has 2 N–H and O–H groups in total. The first-order chi connectivity index (χ1) is 14.2. The summed E-state index contributed by atoms with van der Waals surface area (Å²) in [6.07, 6.45) is 4.27. The number of piperidine rings is 2. The Morgan fingerprint density at radius 1 is 1.10 bits per heavy atom. The standard InChI is InChI=1S/C23H31N3O2S/c27-17-18-3-1-11-26(16-18)23(28)19-5-7-21(8-6-19)25-12-9-20(10-13-25)24-15-22-4-2-14-29-22/h2,4-8,14,18,20,24,27H,1,3,9-13,15-17H2/t18-/m1/s1. The number of carbonyl (C=O) groups is 1. The Bertz CT molecular complexity index is 770. The fourth-order valence-electron chi connectivity index (χ4n) is 4.40. The number of amides is 1. The van der Waals surface area contributed by atoms with E-state index in [1.54, 1.807) is 0 Å². The number of nitrogens with zero attached hydrogens (tertiary/aromatic N) is 2. The van der Waals surface area contributed by atoms with E-state index in [0.29, 0.717) is 12.6 Å². The minimum absolute atomic E-state index is 0.0891. The predicted octanol–water partition coefficient (Wildman–Crippen LogP) is 3.35. The Kier molecular flexibility index (Phi) is 6.85. The minimum Gasteiger partial charge on any atom is -0.396 e. The summed E-state index contributed by atoms with van der Waals surface area (Å²) in [7, 11) is 0. The van der Waals surface area contributed by atoms with Crippen molar-refractivity contribution < 1.29 is 9.90 Å². The van der Waals surface area contributed by atoms with E-state index in [1.165, 1.54) is 10.6 Å². The highest BCUT2D eigenvalue weighted by molar-refractivity contribution is 7.09. The van der Waals surface area contributed by atoms with Crippen molar-refractivity contribution in [2.24, 2.45) is 5.92 Å². The number of rotatable bonds is 6. The number of nitrogens with one attached hydrogen (secondary N) is 1. The Hall–Kier alpha value is -1.89. The van der Waals surface area contributed by atoms with Crippen LogP contribution in [0.5, 0.6) is 0 Å². The summed E-state index contributed by atoms with van der Waals surface area (Å²) in [6, 6.07) is 13.0. The summed E-state index contributed by atoms with van der Waals surface area (Å²) in [4.78, 5) is 18.5. The Labute approximate surface area is 177 Å². The van der Waals surface area contributed by atoms with Crippen molar-refractivity contribution >= 4 is 22.9 Å². The van der Waals surface area contributed by atoms with Gasteiger partial charge in [0.05, 0.1) is 0 Å². The van der Waals surface area contributed by atoms with Crippen LogP contribution in [0.2, 0.25) is 0 Å². The first-order valence-corrected chi connectivity index (χ1v) is 11.6. The molecule has 6 heteroatoms. The monoisotopic (exact) mass is 413 g/mol. The highest BCUT2D eigenvalue weighted by atomic mass is 32.1. The second kappa shape index (κ2) is 9.74. The van der Waals surface area contributed by atoms with E-state index in [0.717, 1.165) is 57.4 Å². The van der Waals surface area contributed by atoms with Crippen LogP contribution in [0.4, 0.5) is 5.69 Å². The summed E-state index contributed by atoms with van der Waals surface area (Å²) in [5.74, 6) is 0.313. The Balaban J connectivity index is 1.27. The van der Waals surface area contributed by atoms with Gasteiger partial charge in [0, 0.05) is 61.5 Å². The number of carbonyl (C=O) groups excluding carboxylic acids is 1. The predicted molar refractivity (Wildman–Crippen MR) is 119 cm³/mol. The maximum atomic E-state index is 12.8. The number of aliphatic hydroxyl groups is 1. The summed E-state index contributed by atoms with van der Waals surface area (Å²) in [5, 5.41) is 15.2. The Morgan fingerprint density at radius 2 is 1.90 bits per heavy atom. The van der Waals surface area contributed by atoms with Gasteiger partial charge in [-0.05, 0) is 67.3 Å². The zero-order valence-electron chi connectivity index (χ0n) is 16.9. The van der Waals surface area contributed by atoms with E-state index >= 15 is 0 Å². The van der Waals surface area contributed by atoms with Crippen LogP contribution in [0.25, 0.3) is 0 Å². The summed E-state index contributed by atoms with van der Waals surface area (Å²) in [6.45, 7) is 4.68. The van der Waals surface area contributed by atoms with E-state index in [-0.39, 0.29) is 18.4 Å². The third-order valence-electron chi connectivity index (χ3n) is 6.18. The molecule has 0 saturated carbocycles. The zero-order valence-corrected chi connectivity index (χ0v) is 17.7. The first kappa shape index (κ1) is 20.4. The molecule has 2 aliphatic rings. The molecule has 1 aromatic heterocycles. The lowest BCUT2D eigenvalue weighted by Crippen LogP contribution is -2.42. The summed E-state index contributed by atoms with van der Waals surface area (Å²) >= 11 is 1.81. The highest BCUT2D eigenvalue weighted by Crippen LogP contribution is 2.23. The molecule has 0 bridgehead atoms. The van der Waals surface area contributed by atoms with Gasteiger partial charge in [-0.15, -0.1) is 11.3 Å². The molecule has 0 unspecified atom stereocenters. The SMILES string of the molecule is O=C(c1ccc(N2CCC(NCc3cccs3)CC2)cc1)N1CCC[C@@H](CO)C1. The molecule has 156 valence electrons. The van der Waals surface area contributed by atoms with Crippen molar-refractivity contribution in [1.82, 2.24) is 10.2 Å². The van der Waals surface area contributed by atoms with Crippen LogP contribution in [0.3, 0.4) is 0 Å². The van der Waals surface area contributed by atoms with Gasteiger partial charge in [-0.25, -0.2) is 0 Å². The number of likely N-dealkylation sites (tertiary alicyclic amines) is 1. The fourth-order valence-corrected chi connectivity index (χ4v) is 5.05. The molecular formula is C23H31N3O2S. The van der Waals surface area contributed by atoms with Gasteiger partial charge >= 0.3 is 0 Å². The lowest BCUT2D eigenvalue weighted by molar-refractivity contribution is 0.0620. The van der Waals surface area contributed by atoms with Crippen molar-refractivity contribution in [3.63, 3.8) is 0 Å². The molecule has 1 aromatic carbocycles. The quantitative estimate of drug-likeness (QED) is 0.763. The number of thiophene rings is 1. The molecule has 1 amide bonds. The average molecular weight is 414 g/mol. The van der Waals surface area contributed by atoms with Crippen molar-refractivity contribution in [3.8, 4) is 0 Å². The summed E-state index contributed by atoms with van der Waals surface area (Å²) in [5.41, 5.74) is 1.95. The van der Waals surface area contributed by atoms with Gasteiger partial charge in [0.2, 0.25) is 0 Å². The molecule has 2 aromatic rings. The van der Waals surface area contributed by atoms with Crippen LogP contribution >= 0.6 is 11.3 Å². The van der Waals surface area contributed by atoms with Crippen molar-refractivity contribution in [2.45, 2.75) is 38.3 Å². The molecule has 4 rings (SSSR count). The van der Waals surface area contributed by atoms with Crippen LogP contribution in [-0.2, 0) is 6.54 Å². The molecular weight excluding hydrogens is 382 g/mol. The molecule has 1 atom stereocenters. The van der Waals surface area contributed by atoms with E-state index in [2.05, 4.69) is 39.9 Å². The smallest absolute Gasteiger partial charge is 0.253 e. The van der Waals surface area contributed by atoms with Gasteiger partial charge in [0.15, 0.2) is 0 Å². The van der Waals surface area contributed by atoms with Gasteiger partial charge < -0.3 is 20.2 Å². The molecule has 3 heterocycles. The molecule has 29 heavy (non-hydrogen) atoms. The zero-order chi connectivity index (χ0) is 20.1.